The molecule has 0 aromatic heterocycles. The van der Waals surface area contributed by atoms with Gasteiger partial charge in [-0.1, -0.05) is 0 Å². The second kappa shape index (κ2) is 3.77. The van der Waals surface area contributed by atoms with Crippen molar-refractivity contribution in [2.45, 2.75) is 19.8 Å². The predicted molar refractivity (Wildman–Crippen MR) is 51.1 cm³/mol. The summed E-state index contributed by atoms with van der Waals surface area (Å²) in [7, 11) is 1.72. The van der Waals surface area contributed by atoms with Crippen molar-refractivity contribution in [3.63, 3.8) is 0 Å². The monoisotopic (exact) mass is 198 g/mol. The molecule has 1 fully saturated rings. The van der Waals surface area contributed by atoms with Gasteiger partial charge in [0.1, 0.15) is 0 Å². The van der Waals surface area contributed by atoms with Crippen LogP contribution >= 0.6 is 0 Å². The maximum Gasteiger partial charge on any atom is 0.232 e. The molecule has 0 aromatic carbocycles. The summed E-state index contributed by atoms with van der Waals surface area (Å²) in [4.78, 5) is 23.0. The number of nitrogens with zero attached hydrogens (tertiary/aromatic N) is 2. The zero-order chi connectivity index (χ0) is 10.8. The van der Waals surface area contributed by atoms with Crippen molar-refractivity contribution in [3.05, 3.63) is 22.4 Å². The Balaban J connectivity index is 2.81. The molecule has 1 heterocycles. The van der Waals surface area contributed by atoms with Crippen LogP contribution in [0, 0.1) is 15.5 Å². The van der Waals surface area contributed by atoms with Crippen molar-refractivity contribution < 1.29 is 9.72 Å². The molecular formula is C9H14N2O3. The predicted octanol–water partition coefficient (Wildman–Crippen LogP) is 1.04. The van der Waals surface area contributed by atoms with Crippen LogP contribution < -0.4 is 0 Å². The van der Waals surface area contributed by atoms with E-state index in [2.05, 4.69) is 0 Å². The van der Waals surface area contributed by atoms with Crippen LogP contribution in [-0.4, -0.2) is 29.3 Å². The minimum atomic E-state index is -0.694. The van der Waals surface area contributed by atoms with E-state index in [9.17, 15) is 14.9 Å². The molecule has 14 heavy (non-hydrogen) atoms. The molecular weight excluding hydrogens is 184 g/mol. The minimum Gasteiger partial charge on any atom is -0.345 e. The highest BCUT2D eigenvalue weighted by Crippen LogP contribution is 2.31. The Morgan fingerprint density at radius 2 is 2.29 bits per heavy atom. The third-order valence-electron chi connectivity index (χ3n) is 2.59. The van der Waals surface area contributed by atoms with Crippen LogP contribution in [0.2, 0.25) is 0 Å². The van der Waals surface area contributed by atoms with Gasteiger partial charge in [-0.15, -0.1) is 0 Å². The van der Waals surface area contributed by atoms with Crippen LogP contribution in [-0.2, 0) is 4.79 Å². The highest BCUT2D eigenvalue weighted by molar-refractivity contribution is 5.84. The molecule has 0 radical (unpaired) electrons. The molecule has 0 bridgehead atoms. The first-order valence-corrected chi connectivity index (χ1v) is 4.54. The van der Waals surface area contributed by atoms with E-state index < -0.39 is 10.3 Å². The first kappa shape index (κ1) is 10.7. The molecule has 0 unspecified atom stereocenters. The molecule has 1 rings (SSSR count). The topological polar surface area (TPSA) is 63.4 Å². The van der Waals surface area contributed by atoms with Crippen LogP contribution in [0.15, 0.2) is 12.3 Å². The number of amides is 1. The number of hydrogen-bond acceptors (Lipinski definition) is 3. The van der Waals surface area contributed by atoms with Crippen LogP contribution in [0.4, 0.5) is 0 Å². The number of hydrogen-bond donors (Lipinski definition) is 0. The van der Waals surface area contributed by atoms with E-state index in [4.69, 9.17) is 0 Å². The van der Waals surface area contributed by atoms with Crippen LogP contribution in [0.1, 0.15) is 19.8 Å². The fraction of sp³-hybridized carbons (Fsp3) is 0.667. The zero-order valence-electron chi connectivity index (χ0n) is 8.40. The molecule has 0 aromatic rings. The fourth-order valence-electron chi connectivity index (χ4n) is 1.71. The van der Waals surface area contributed by atoms with Gasteiger partial charge in [0.2, 0.25) is 12.1 Å². The van der Waals surface area contributed by atoms with Gasteiger partial charge in [-0.05, 0) is 19.8 Å². The van der Waals surface area contributed by atoms with Crippen LogP contribution in [0.3, 0.4) is 0 Å². The molecule has 0 saturated carbocycles. The molecule has 5 nitrogen and oxygen atoms in total. The zero-order valence-corrected chi connectivity index (χ0v) is 8.40. The smallest absolute Gasteiger partial charge is 0.232 e. The Hall–Kier alpha value is -1.39. The average Bonchev–Trinajstić information content (AvgIpc) is 2.11. The lowest BCUT2D eigenvalue weighted by atomic mass is 9.81. The van der Waals surface area contributed by atoms with E-state index in [1.54, 1.807) is 18.9 Å². The third kappa shape index (κ3) is 2.10. The lowest BCUT2D eigenvalue weighted by Gasteiger charge is -2.34. The van der Waals surface area contributed by atoms with E-state index in [0.29, 0.717) is 6.42 Å². The maximum absolute atomic E-state index is 11.7. The number of likely N-dealkylation sites (tertiary alicyclic amines) is 1. The van der Waals surface area contributed by atoms with Crippen molar-refractivity contribution in [2.75, 3.05) is 13.6 Å². The van der Waals surface area contributed by atoms with Crippen molar-refractivity contribution >= 4 is 5.91 Å². The fourth-order valence-corrected chi connectivity index (χ4v) is 1.71. The summed E-state index contributed by atoms with van der Waals surface area (Å²) in [6.45, 7) is 2.48. The van der Waals surface area contributed by atoms with Gasteiger partial charge in [0, 0.05) is 19.7 Å². The first-order chi connectivity index (χ1) is 6.46. The highest BCUT2D eigenvalue weighted by Gasteiger charge is 2.36. The largest absolute Gasteiger partial charge is 0.345 e. The van der Waals surface area contributed by atoms with Gasteiger partial charge in [0.05, 0.1) is 10.3 Å². The van der Waals surface area contributed by atoms with Crippen molar-refractivity contribution in [1.29, 1.82) is 0 Å². The number of carbonyl (C=O) groups excluding carboxylic acids is 1. The summed E-state index contributed by atoms with van der Waals surface area (Å²) in [6.07, 6.45) is 3.82. The molecule has 5 heteroatoms. The van der Waals surface area contributed by atoms with E-state index in [-0.39, 0.29) is 5.91 Å². The Kier molecular flexibility index (Phi) is 2.88. The molecule has 1 aliphatic rings. The van der Waals surface area contributed by atoms with Gasteiger partial charge in [0.25, 0.3) is 0 Å². The SMILES string of the molecule is CN1CCC[C@@](C)(/C=C/[N+](=O)[O-])C1=O. The molecule has 1 saturated heterocycles. The van der Waals surface area contributed by atoms with Gasteiger partial charge < -0.3 is 4.90 Å². The summed E-state index contributed by atoms with van der Waals surface area (Å²) in [6, 6.07) is 0. The van der Waals surface area contributed by atoms with E-state index in [1.165, 1.54) is 6.08 Å². The number of carbonyl (C=O) groups is 1. The lowest BCUT2D eigenvalue weighted by molar-refractivity contribution is -0.403. The molecule has 1 amide bonds. The second-order valence-electron chi connectivity index (χ2n) is 3.85. The Bertz CT molecular complexity index is 288. The van der Waals surface area contributed by atoms with E-state index in [1.807, 2.05) is 0 Å². The molecule has 0 spiro atoms. The van der Waals surface area contributed by atoms with Crippen LogP contribution in [0.5, 0.6) is 0 Å². The molecule has 0 aliphatic carbocycles. The van der Waals surface area contributed by atoms with Crippen molar-refractivity contribution in [3.8, 4) is 0 Å². The number of piperidine rings is 1. The Morgan fingerprint density at radius 1 is 1.64 bits per heavy atom. The number of nitro groups is 1. The second-order valence-corrected chi connectivity index (χ2v) is 3.85. The van der Waals surface area contributed by atoms with Crippen molar-refractivity contribution in [1.82, 2.24) is 4.90 Å². The molecule has 0 N–H and O–H groups in total. The van der Waals surface area contributed by atoms with Gasteiger partial charge in [0.15, 0.2) is 0 Å². The summed E-state index contributed by atoms with van der Waals surface area (Å²) >= 11 is 0. The third-order valence-corrected chi connectivity index (χ3v) is 2.59. The molecule has 1 aliphatic heterocycles. The van der Waals surface area contributed by atoms with E-state index >= 15 is 0 Å². The van der Waals surface area contributed by atoms with Gasteiger partial charge in [-0.25, -0.2) is 0 Å². The van der Waals surface area contributed by atoms with Gasteiger partial charge in [-0.2, -0.15) is 0 Å². The Labute approximate surface area is 82.5 Å². The van der Waals surface area contributed by atoms with Gasteiger partial charge in [-0.3, -0.25) is 14.9 Å². The maximum atomic E-state index is 11.7. The summed E-state index contributed by atoms with van der Waals surface area (Å²) < 4.78 is 0. The Morgan fingerprint density at radius 3 is 2.86 bits per heavy atom. The average molecular weight is 198 g/mol. The minimum absolute atomic E-state index is 0.0400. The van der Waals surface area contributed by atoms with Crippen LogP contribution in [0.25, 0.3) is 0 Å². The quantitative estimate of drug-likeness (QED) is 0.492. The standard InChI is InChI=1S/C9H14N2O3/c1-9(5-7-11(13)14)4-3-6-10(2)8(9)12/h5,7H,3-4,6H2,1-2H3/b7-5+/t9-/m0/s1. The van der Waals surface area contributed by atoms with Crippen molar-refractivity contribution in [2.24, 2.45) is 5.41 Å². The summed E-state index contributed by atoms with van der Waals surface area (Å²) in [5.41, 5.74) is -0.694. The number of rotatable bonds is 2. The molecule has 78 valence electrons. The lowest BCUT2D eigenvalue weighted by Crippen LogP contribution is -2.44. The molecule has 1 atom stereocenters. The summed E-state index contributed by atoms with van der Waals surface area (Å²) in [5, 5.41) is 10.2. The summed E-state index contributed by atoms with van der Waals surface area (Å²) in [5.74, 6) is -0.0400. The van der Waals surface area contributed by atoms with Gasteiger partial charge >= 0.3 is 0 Å². The van der Waals surface area contributed by atoms with E-state index in [0.717, 1.165) is 19.2 Å². The normalized spacial score (nSPS) is 28.4. The highest BCUT2D eigenvalue weighted by atomic mass is 16.6. The first-order valence-electron chi connectivity index (χ1n) is 4.54.